The molecule has 2 heterocycles. The quantitative estimate of drug-likeness (QED) is 0.739. The molecule has 1 aliphatic rings. The SMILES string of the molecule is CC(=O)N1CCc2[nH]c(Br)cc2C1. The van der Waals surface area contributed by atoms with E-state index in [0.29, 0.717) is 0 Å². The third kappa shape index (κ3) is 1.63. The van der Waals surface area contributed by atoms with Crippen LogP contribution in [-0.2, 0) is 17.8 Å². The van der Waals surface area contributed by atoms with Gasteiger partial charge in [-0.15, -0.1) is 0 Å². The van der Waals surface area contributed by atoms with E-state index in [-0.39, 0.29) is 5.91 Å². The molecule has 4 heteroatoms. The molecule has 0 aliphatic carbocycles. The predicted octanol–water partition coefficient (Wildman–Crippen LogP) is 1.68. The Bertz CT molecular complexity index is 345. The molecule has 0 atom stereocenters. The van der Waals surface area contributed by atoms with Crippen LogP contribution in [0.3, 0.4) is 0 Å². The number of nitrogens with zero attached hydrogens (tertiary/aromatic N) is 1. The number of fused-ring (bicyclic) bond motifs is 1. The molecule has 0 radical (unpaired) electrons. The van der Waals surface area contributed by atoms with Gasteiger partial charge in [-0.25, -0.2) is 0 Å². The van der Waals surface area contributed by atoms with Crippen molar-refractivity contribution in [3.8, 4) is 0 Å². The lowest BCUT2D eigenvalue weighted by molar-refractivity contribution is -0.129. The first-order chi connectivity index (χ1) is 6.16. The van der Waals surface area contributed by atoms with Crippen molar-refractivity contribution in [2.75, 3.05) is 6.54 Å². The molecular weight excluding hydrogens is 232 g/mol. The summed E-state index contributed by atoms with van der Waals surface area (Å²) in [5, 5.41) is 0. The van der Waals surface area contributed by atoms with Crippen molar-refractivity contribution in [2.45, 2.75) is 19.9 Å². The highest BCUT2D eigenvalue weighted by molar-refractivity contribution is 9.10. The summed E-state index contributed by atoms with van der Waals surface area (Å²) in [6.45, 7) is 3.19. The molecule has 0 unspecified atom stereocenters. The van der Waals surface area contributed by atoms with Gasteiger partial charge in [-0.1, -0.05) is 0 Å². The molecule has 0 bridgehead atoms. The Hall–Kier alpha value is -0.770. The lowest BCUT2D eigenvalue weighted by Crippen LogP contribution is -2.33. The average Bonchev–Trinajstić information content (AvgIpc) is 2.42. The van der Waals surface area contributed by atoms with Gasteiger partial charge in [0.2, 0.25) is 5.91 Å². The zero-order chi connectivity index (χ0) is 9.42. The smallest absolute Gasteiger partial charge is 0.219 e. The molecule has 0 saturated carbocycles. The van der Waals surface area contributed by atoms with E-state index in [4.69, 9.17) is 0 Å². The van der Waals surface area contributed by atoms with Crippen molar-refractivity contribution in [2.24, 2.45) is 0 Å². The van der Waals surface area contributed by atoms with Crippen LogP contribution in [-0.4, -0.2) is 22.3 Å². The first-order valence-corrected chi connectivity index (χ1v) is 5.08. The van der Waals surface area contributed by atoms with Crippen molar-refractivity contribution in [1.29, 1.82) is 0 Å². The van der Waals surface area contributed by atoms with Gasteiger partial charge in [0.1, 0.15) is 0 Å². The van der Waals surface area contributed by atoms with E-state index in [1.807, 2.05) is 11.0 Å². The van der Waals surface area contributed by atoms with Crippen LogP contribution in [0.5, 0.6) is 0 Å². The first kappa shape index (κ1) is 8.81. The van der Waals surface area contributed by atoms with Gasteiger partial charge in [0.25, 0.3) is 0 Å². The number of halogens is 1. The van der Waals surface area contributed by atoms with E-state index >= 15 is 0 Å². The fourth-order valence-electron chi connectivity index (χ4n) is 1.66. The van der Waals surface area contributed by atoms with Gasteiger partial charge in [-0.05, 0) is 27.6 Å². The molecule has 70 valence electrons. The number of H-pyrrole nitrogens is 1. The number of rotatable bonds is 0. The summed E-state index contributed by atoms with van der Waals surface area (Å²) in [6.07, 6.45) is 0.931. The zero-order valence-corrected chi connectivity index (χ0v) is 9.02. The minimum absolute atomic E-state index is 0.156. The molecule has 0 saturated heterocycles. The lowest BCUT2D eigenvalue weighted by atomic mass is 10.1. The maximum Gasteiger partial charge on any atom is 0.219 e. The highest BCUT2D eigenvalue weighted by atomic mass is 79.9. The number of carbonyl (C=O) groups excluding carboxylic acids is 1. The summed E-state index contributed by atoms with van der Waals surface area (Å²) in [6, 6.07) is 2.05. The lowest BCUT2D eigenvalue weighted by Gasteiger charge is -2.25. The molecule has 13 heavy (non-hydrogen) atoms. The molecule has 1 amide bonds. The van der Waals surface area contributed by atoms with E-state index in [1.165, 1.54) is 11.3 Å². The van der Waals surface area contributed by atoms with Crippen molar-refractivity contribution >= 4 is 21.8 Å². The van der Waals surface area contributed by atoms with Gasteiger partial charge in [0, 0.05) is 32.1 Å². The Labute approximate surface area is 85.2 Å². The van der Waals surface area contributed by atoms with Crippen LogP contribution in [0.1, 0.15) is 18.2 Å². The standard InChI is InChI=1S/C9H11BrN2O/c1-6(13)12-3-2-8-7(5-12)4-9(10)11-8/h4,11H,2-3,5H2,1H3. The number of aromatic amines is 1. The molecule has 1 aromatic heterocycles. The molecule has 1 aromatic rings. The zero-order valence-electron chi connectivity index (χ0n) is 7.43. The van der Waals surface area contributed by atoms with E-state index in [1.54, 1.807) is 6.92 Å². The second kappa shape index (κ2) is 3.18. The maximum absolute atomic E-state index is 11.1. The Morgan fingerprint density at radius 3 is 3.15 bits per heavy atom. The third-order valence-electron chi connectivity index (χ3n) is 2.40. The van der Waals surface area contributed by atoms with Crippen LogP contribution in [0.15, 0.2) is 10.7 Å². The molecule has 0 fully saturated rings. The fraction of sp³-hybridized carbons (Fsp3) is 0.444. The van der Waals surface area contributed by atoms with Crippen molar-refractivity contribution in [3.05, 3.63) is 21.9 Å². The molecule has 1 N–H and O–H groups in total. The van der Waals surface area contributed by atoms with Gasteiger partial charge in [0.05, 0.1) is 4.60 Å². The molecular formula is C9H11BrN2O. The van der Waals surface area contributed by atoms with Crippen molar-refractivity contribution in [3.63, 3.8) is 0 Å². The summed E-state index contributed by atoms with van der Waals surface area (Å²) < 4.78 is 1.00. The Morgan fingerprint density at radius 1 is 1.69 bits per heavy atom. The third-order valence-corrected chi connectivity index (χ3v) is 2.82. The number of hydrogen-bond donors (Lipinski definition) is 1. The van der Waals surface area contributed by atoms with Crippen LogP contribution in [0, 0.1) is 0 Å². The maximum atomic E-state index is 11.1. The monoisotopic (exact) mass is 242 g/mol. The summed E-state index contributed by atoms with van der Waals surface area (Å²) >= 11 is 3.39. The van der Waals surface area contributed by atoms with Crippen LogP contribution in [0.4, 0.5) is 0 Å². The van der Waals surface area contributed by atoms with Gasteiger partial charge in [0.15, 0.2) is 0 Å². The van der Waals surface area contributed by atoms with Crippen LogP contribution in [0.25, 0.3) is 0 Å². The highest BCUT2D eigenvalue weighted by Crippen LogP contribution is 2.22. The predicted molar refractivity (Wildman–Crippen MR) is 53.3 cm³/mol. The van der Waals surface area contributed by atoms with Gasteiger partial charge in [-0.2, -0.15) is 0 Å². The van der Waals surface area contributed by atoms with Crippen molar-refractivity contribution < 1.29 is 4.79 Å². The molecule has 1 aliphatic heterocycles. The van der Waals surface area contributed by atoms with Crippen LogP contribution >= 0.6 is 15.9 Å². The van der Waals surface area contributed by atoms with Crippen molar-refractivity contribution in [1.82, 2.24) is 9.88 Å². The molecule has 0 spiro atoms. The Morgan fingerprint density at radius 2 is 2.46 bits per heavy atom. The largest absolute Gasteiger partial charge is 0.353 e. The first-order valence-electron chi connectivity index (χ1n) is 4.28. The van der Waals surface area contributed by atoms with E-state index in [9.17, 15) is 4.79 Å². The second-order valence-electron chi connectivity index (χ2n) is 3.31. The second-order valence-corrected chi connectivity index (χ2v) is 4.17. The summed E-state index contributed by atoms with van der Waals surface area (Å²) in [7, 11) is 0. The highest BCUT2D eigenvalue weighted by Gasteiger charge is 2.19. The van der Waals surface area contributed by atoms with Gasteiger partial charge < -0.3 is 9.88 Å². The minimum atomic E-state index is 0.156. The van der Waals surface area contributed by atoms with Crippen LogP contribution in [0.2, 0.25) is 0 Å². The normalized spacial score (nSPS) is 15.7. The van der Waals surface area contributed by atoms with E-state index in [0.717, 1.165) is 24.1 Å². The Kier molecular flexibility index (Phi) is 2.15. The van der Waals surface area contributed by atoms with Gasteiger partial charge in [-0.3, -0.25) is 4.79 Å². The fourth-order valence-corrected chi connectivity index (χ4v) is 2.18. The molecule has 3 nitrogen and oxygen atoms in total. The topological polar surface area (TPSA) is 36.1 Å². The molecule has 0 aromatic carbocycles. The summed E-state index contributed by atoms with van der Waals surface area (Å²) in [4.78, 5) is 16.2. The summed E-state index contributed by atoms with van der Waals surface area (Å²) in [5.74, 6) is 0.156. The number of carbonyl (C=O) groups is 1. The molecule has 2 rings (SSSR count). The van der Waals surface area contributed by atoms with E-state index in [2.05, 4.69) is 20.9 Å². The van der Waals surface area contributed by atoms with E-state index < -0.39 is 0 Å². The summed E-state index contributed by atoms with van der Waals surface area (Å²) in [5.41, 5.74) is 2.48. The number of amides is 1. The van der Waals surface area contributed by atoms with Crippen LogP contribution < -0.4 is 0 Å². The van der Waals surface area contributed by atoms with Gasteiger partial charge >= 0.3 is 0 Å². The number of aromatic nitrogens is 1. The average molecular weight is 243 g/mol. The minimum Gasteiger partial charge on any atom is -0.353 e. The Balaban J connectivity index is 2.24. The number of nitrogens with one attached hydrogen (secondary N) is 1. The number of hydrogen-bond acceptors (Lipinski definition) is 1.